The molecular weight excluding hydrogens is 368 g/mol. The molecule has 0 saturated carbocycles. The second-order valence-corrected chi connectivity index (χ2v) is 7.29. The summed E-state index contributed by atoms with van der Waals surface area (Å²) >= 11 is 0. The standard InChI is InChI=1S/C22H24N4O3/c1-16-5-7-17(8-6-16)15-25-11-3-12-26-20(22(25)28)14-19(24-26)21(27)23-10-9-18-4-2-13-29-18/h2,4-8,13-14H,3,9-12,15H2,1H3,(H,23,27). The molecule has 0 aliphatic carbocycles. The highest BCUT2D eigenvalue weighted by atomic mass is 16.3. The van der Waals surface area contributed by atoms with Crippen LogP contribution in [0.2, 0.25) is 0 Å². The van der Waals surface area contributed by atoms with Crippen LogP contribution >= 0.6 is 0 Å². The molecule has 0 radical (unpaired) electrons. The van der Waals surface area contributed by atoms with Gasteiger partial charge >= 0.3 is 0 Å². The summed E-state index contributed by atoms with van der Waals surface area (Å²) in [7, 11) is 0. The van der Waals surface area contributed by atoms with E-state index < -0.39 is 0 Å². The first-order chi connectivity index (χ1) is 14.1. The van der Waals surface area contributed by atoms with Crippen molar-refractivity contribution in [3.8, 4) is 0 Å². The second-order valence-electron chi connectivity index (χ2n) is 7.29. The van der Waals surface area contributed by atoms with Gasteiger partial charge in [-0.15, -0.1) is 0 Å². The molecule has 0 atom stereocenters. The first-order valence-electron chi connectivity index (χ1n) is 9.83. The van der Waals surface area contributed by atoms with Crippen molar-refractivity contribution in [2.75, 3.05) is 13.1 Å². The number of rotatable bonds is 6. The summed E-state index contributed by atoms with van der Waals surface area (Å²) in [6, 6.07) is 13.5. The van der Waals surface area contributed by atoms with E-state index in [9.17, 15) is 9.59 Å². The van der Waals surface area contributed by atoms with Gasteiger partial charge in [-0.2, -0.15) is 5.10 Å². The molecule has 150 valence electrons. The van der Waals surface area contributed by atoms with Crippen molar-refractivity contribution < 1.29 is 14.0 Å². The van der Waals surface area contributed by atoms with Crippen LogP contribution in [-0.4, -0.2) is 39.6 Å². The van der Waals surface area contributed by atoms with Crippen molar-refractivity contribution in [3.05, 3.63) is 77.0 Å². The summed E-state index contributed by atoms with van der Waals surface area (Å²) in [5.41, 5.74) is 3.01. The van der Waals surface area contributed by atoms with Gasteiger partial charge in [-0.3, -0.25) is 14.3 Å². The Balaban J connectivity index is 1.43. The minimum atomic E-state index is -0.282. The smallest absolute Gasteiger partial charge is 0.272 e. The molecule has 7 heteroatoms. The lowest BCUT2D eigenvalue weighted by Gasteiger charge is -2.20. The summed E-state index contributed by atoms with van der Waals surface area (Å²) in [5.74, 6) is 0.438. The molecule has 7 nitrogen and oxygen atoms in total. The Morgan fingerprint density at radius 3 is 2.79 bits per heavy atom. The first-order valence-corrected chi connectivity index (χ1v) is 9.83. The Labute approximate surface area is 169 Å². The van der Waals surface area contributed by atoms with E-state index in [1.807, 2.05) is 48.2 Å². The highest BCUT2D eigenvalue weighted by Gasteiger charge is 2.26. The maximum Gasteiger partial charge on any atom is 0.272 e. The zero-order valence-corrected chi connectivity index (χ0v) is 16.4. The van der Waals surface area contributed by atoms with E-state index in [0.717, 1.165) is 17.7 Å². The largest absolute Gasteiger partial charge is 0.469 e. The third kappa shape index (κ3) is 4.39. The number of carbonyl (C=O) groups excluding carboxylic acids is 2. The Morgan fingerprint density at radius 1 is 1.21 bits per heavy atom. The molecule has 3 aromatic rings. The van der Waals surface area contributed by atoms with Gasteiger partial charge in [0, 0.05) is 38.7 Å². The lowest BCUT2D eigenvalue weighted by Crippen LogP contribution is -2.30. The van der Waals surface area contributed by atoms with Crippen LogP contribution in [0.3, 0.4) is 0 Å². The third-order valence-electron chi connectivity index (χ3n) is 5.05. The molecule has 4 rings (SSSR count). The maximum absolute atomic E-state index is 13.0. The van der Waals surface area contributed by atoms with Crippen molar-refractivity contribution in [1.82, 2.24) is 20.0 Å². The number of benzene rings is 1. The zero-order chi connectivity index (χ0) is 20.2. The van der Waals surface area contributed by atoms with Crippen LogP contribution in [0, 0.1) is 6.92 Å². The molecular formula is C22H24N4O3. The highest BCUT2D eigenvalue weighted by molar-refractivity contribution is 5.98. The number of carbonyl (C=O) groups is 2. The van der Waals surface area contributed by atoms with Crippen LogP contribution in [0.1, 0.15) is 44.3 Å². The van der Waals surface area contributed by atoms with Gasteiger partial charge in [0.05, 0.1) is 6.26 Å². The zero-order valence-electron chi connectivity index (χ0n) is 16.4. The molecule has 0 unspecified atom stereocenters. The molecule has 0 fully saturated rings. The summed E-state index contributed by atoms with van der Waals surface area (Å²) in [4.78, 5) is 27.3. The summed E-state index contributed by atoms with van der Waals surface area (Å²) in [6.45, 7) is 4.32. The van der Waals surface area contributed by atoms with Crippen molar-refractivity contribution in [2.45, 2.75) is 32.9 Å². The predicted octanol–water partition coefficient (Wildman–Crippen LogP) is 2.80. The fourth-order valence-corrected chi connectivity index (χ4v) is 3.45. The van der Waals surface area contributed by atoms with Crippen LogP contribution in [0.4, 0.5) is 0 Å². The number of hydrogen-bond donors (Lipinski definition) is 1. The van der Waals surface area contributed by atoms with Crippen molar-refractivity contribution in [2.24, 2.45) is 0 Å². The monoisotopic (exact) mass is 392 g/mol. The number of amides is 2. The summed E-state index contributed by atoms with van der Waals surface area (Å²) in [6.07, 6.45) is 3.01. The van der Waals surface area contributed by atoms with E-state index in [-0.39, 0.29) is 17.5 Å². The van der Waals surface area contributed by atoms with Gasteiger partial charge < -0.3 is 14.6 Å². The number of aromatic nitrogens is 2. The molecule has 2 amide bonds. The normalized spacial score (nSPS) is 13.8. The Hall–Kier alpha value is -3.35. The van der Waals surface area contributed by atoms with Crippen molar-refractivity contribution in [1.29, 1.82) is 0 Å². The first kappa shape index (κ1) is 19.0. The van der Waals surface area contributed by atoms with Gasteiger partial charge in [0.2, 0.25) is 0 Å². The van der Waals surface area contributed by atoms with Crippen molar-refractivity contribution in [3.63, 3.8) is 0 Å². The second kappa shape index (κ2) is 8.34. The van der Waals surface area contributed by atoms with Crippen LogP contribution in [0.25, 0.3) is 0 Å². The van der Waals surface area contributed by atoms with E-state index in [1.165, 1.54) is 5.56 Å². The molecule has 0 bridgehead atoms. The van der Waals surface area contributed by atoms with Crippen LogP contribution in [0.15, 0.2) is 53.1 Å². The fraction of sp³-hybridized carbons (Fsp3) is 0.318. The lowest BCUT2D eigenvalue weighted by atomic mass is 10.1. The minimum Gasteiger partial charge on any atom is -0.469 e. The van der Waals surface area contributed by atoms with Gasteiger partial charge in [-0.25, -0.2) is 0 Å². The molecule has 1 aliphatic rings. The molecule has 3 heterocycles. The SMILES string of the molecule is Cc1ccc(CN2CCCn3nc(C(=O)NCCc4ccco4)cc3C2=O)cc1. The number of furan rings is 1. The number of nitrogens with zero attached hydrogens (tertiary/aromatic N) is 3. The van der Waals surface area contributed by atoms with E-state index in [2.05, 4.69) is 10.4 Å². The molecule has 0 spiro atoms. The minimum absolute atomic E-state index is 0.0924. The molecule has 1 N–H and O–H groups in total. The third-order valence-corrected chi connectivity index (χ3v) is 5.05. The predicted molar refractivity (Wildman–Crippen MR) is 108 cm³/mol. The van der Waals surface area contributed by atoms with Gasteiger partial charge in [-0.1, -0.05) is 29.8 Å². The average Bonchev–Trinajstić information content (AvgIpc) is 3.36. The molecule has 1 aromatic carbocycles. The van der Waals surface area contributed by atoms with Gasteiger partial charge in [0.1, 0.15) is 11.5 Å². The van der Waals surface area contributed by atoms with E-state index in [1.54, 1.807) is 17.0 Å². The number of hydrogen-bond acceptors (Lipinski definition) is 4. The highest BCUT2D eigenvalue weighted by Crippen LogP contribution is 2.17. The number of aryl methyl sites for hydroxylation is 2. The summed E-state index contributed by atoms with van der Waals surface area (Å²) in [5, 5.41) is 7.20. The summed E-state index contributed by atoms with van der Waals surface area (Å²) < 4.78 is 6.91. The van der Waals surface area contributed by atoms with Crippen LogP contribution in [0.5, 0.6) is 0 Å². The Morgan fingerprint density at radius 2 is 2.03 bits per heavy atom. The molecule has 2 aromatic heterocycles. The van der Waals surface area contributed by atoms with Crippen molar-refractivity contribution >= 4 is 11.8 Å². The van der Waals surface area contributed by atoms with Gasteiger partial charge in [0.15, 0.2) is 5.69 Å². The van der Waals surface area contributed by atoms with E-state index in [4.69, 9.17) is 4.42 Å². The van der Waals surface area contributed by atoms with E-state index in [0.29, 0.717) is 38.3 Å². The molecule has 0 saturated heterocycles. The average molecular weight is 392 g/mol. The number of fused-ring (bicyclic) bond motifs is 1. The van der Waals surface area contributed by atoms with Crippen LogP contribution < -0.4 is 5.32 Å². The lowest BCUT2D eigenvalue weighted by molar-refractivity contribution is 0.0745. The van der Waals surface area contributed by atoms with Gasteiger partial charge in [-0.05, 0) is 31.0 Å². The maximum atomic E-state index is 13.0. The quantitative estimate of drug-likeness (QED) is 0.700. The molecule has 29 heavy (non-hydrogen) atoms. The Bertz CT molecular complexity index is 990. The van der Waals surface area contributed by atoms with Gasteiger partial charge in [0.25, 0.3) is 11.8 Å². The Kier molecular flexibility index (Phi) is 5.46. The topological polar surface area (TPSA) is 80.4 Å². The van der Waals surface area contributed by atoms with Crippen LogP contribution in [-0.2, 0) is 19.5 Å². The van der Waals surface area contributed by atoms with E-state index >= 15 is 0 Å². The molecule has 1 aliphatic heterocycles. The fourth-order valence-electron chi connectivity index (χ4n) is 3.45. The number of nitrogens with one attached hydrogen (secondary N) is 1.